The van der Waals surface area contributed by atoms with Crippen molar-refractivity contribution in [3.63, 3.8) is 0 Å². The van der Waals surface area contributed by atoms with Crippen LogP contribution in [0.1, 0.15) is 12.0 Å². The molecule has 0 spiro atoms. The molecule has 0 amide bonds. The number of benzene rings is 1. The van der Waals surface area contributed by atoms with Crippen LogP contribution in [0.25, 0.3) is 0 Å². The number of rotatable bonds is 3. The summed E-state index contributed by atoms with van der Waals surface area (Å²) in [6.45, 7) is 0.465. The van der Waals surface area contributed by atoms with E-state index in [4.69, 9.17) is 44.3 Å². The Morgan fingerprint density at radius 2 is 2.20 bits per heavy atom. The van der Waals surface area contributed by atoms with Crippen LogP contribution >= 0.6 is 57.4 Å². The number of alkyl halides is 4. The third kappa shape index (κ3) is 3.46. The van der Waals surface area contributed by atoms with Gasteiger partial charge < -0.3 is 9.47 Å². The van der Waals surface area contributed by atoms with E-state index in [1.54, 1.807) is 7.11 Å². The maximum Gasteiger partial charge on any atom is 0.266 e. The fourth-order valence-electron chi connectivity index (χ4n) is 2.04. The maximum atomic E-state index is 5.89. The molecule has 1 aliphatic heterocycles. The topological polar surface area (TPSA) is 30.8 Å². The van der Waals surface area contributed by atoms with Crippen LogP contribution in [0.5, 0.6) is 5.75 Å². The molecule has 3 nitrogen and oxygen atoms in total. The molecule has 2 rings (SSSR count). The van der Waals surface area contributed by atoms with E-state index >= 15 is 0 Å². The van der Waals surface area contributed by atoms with Crippen molar-refractivity contribution in [2.24, 2.45) is 4.99 Å². The molecule has 0 fully saturated rings. The average Bonchev–Trinajstić information content (AvgIpc) is 2.46. The average molecular weight is 449 g/mol. The highest BCUT2D eigenvalue weighted by molar-refractivity contribution is 14.1. The minimum absolute atomic E-state index is 0.147. The zero-order valence-corrected chi connectivity index (χ0v) is 15.1. The second kappa shape index (κ2) is 6.46. The molecule has 0 N–H and O–H groups in total. The van der Waals surface area contributed by atoms with E-state index in [1.165, 1.54) is 0 Å². The molecule has 0 saturated heterocycles. The summed E-state index contributed by atoms with van der Waals surface area (Å²) in [5, 5.41) is 0. The van der Waals surface area contributed by atoms with Gasteiger partial charge in [0.2, 0.25) is 5.90 Å². The predicted molar refractivity (Wildman–Crippen MR) is 91.9 cm³/mol. The molecule has 0 saturated carbocycles. The van der Waals surface area contributed by atoms with Crippen LogP contribution in [-0.2, 0) is 10.3 Å². The zero-order valence-electron chi connectivity index (χ0n) is 10.7. The number of hydrogen-bond donors (Lipinski definition) is 0. The largest absolute Gasteiger partial charge is 0.497 e. The van der Waals surface area contributed by atoms with Gasteiger partial charge in [-0.25, -0.2) is 4.99 Å². The highest BCUT2D eigenvalue weighted by Gasteiger charge is 2.41. The second-order valence-electron chi connectivity index (χ2n) is 4.41. The highest BCUT2D eigenvalue weighted by Crippen LogP contribution is 2.40. The Balaban J connectivity index is 2.47. The van der Waals surface area contributed by atoms with Crippen molar-refractivity contribution in [2.45, 2.75) is 15.8 Å². The van der Waals surface area contributed by atoms with E-state index in [9.17, 15) is 0 Å². The summed E-state index contributed by atoms with van der Waals surface area (Å²) in [7, 11) is 1.63. The van der Waals surface area contributed by atoms with Crippen molar-refractivity contribution in [3.05, 3.63) is 29.8 Å². The number of aliphatic imine (C=N–C) groups is 1. The van der Waals surface area contributed by atoms with Crippen molar-refractivity contribution >= 4 is 63.3 Å². The van der Waals surface area contributed by atoms with E-state index in [-0.39, 0.29) is 5.90 Å². The quantitative estimate of drug-likeness (QED) is 0.503. The van der Waals surface area contributed by atoms with Gasteiger partial charge in [0.1, 0.15) is 11.3 Å². The molecule has 1 aromatic rings. The van der Waals surface area contributed by atoms with Crippen LogP contribution in [0.2, 0.25) is 0 Å². The smallest absolute Gasteiger partial charge is 0.266 e. The fraction of sp³-hybridized carbons (Fsp3) is 0.462. The lowest BCUT2D eigenvalue weighted by Crippen LogP contribution is -2.38. The third-order valence-electron chi connectivity index (χ3n) is 3.14. The molecule has 1 aliphatic rings. The summed E-state index contributed by atoms with van der Waals surface area (Å²) in [6.07, 6.45) is 0.730. The van der Waals surface area contributed by atoms with E-state index in [2.05, 4.69) is 27.6 Å². The van der Waals surface area contributed by atoms with Crippen LogP contribution in [0.3, 0.4) is 0 Å². The van der Waals surface area contributed by atoms with Gasteiger partial charge in [-0.15, -0.1) is 0 Å². The number of hydrogen-bond acceptors (Lipinski definition) is 3. The first kappa shape index (κ1) is 16.5. The highest BCUT2D eigenvalue weighted by atomic mass is 127. The number of halogens is 4. The van der Waals surface area contributed by atoms with Gasteiger partial charge in [-0.2, -0.15) is 0 Å². The Bertz CT molecular complexity index is 519. The molecule has 20 heavy (non-hydrogen) atoms. The SMILES string of the molecule is COc1cccc([C@]2(CI)CCOC(C(Cl)(Cl)Cl)=N2)c1. The summed E-state index contributed by atoms with van der Waals surface area (Å²) in [6, 6.07) is 7.79. The minimum atomic E-state index is -1.64. The lowest BCUT2D eigenvalue weighted by Gasteiger charge is -2.34. The van der Waals surface area contributed by atoms with E-state index in [0.29, 0.717) is 6.61 Å². The molecule has 1 aromatic carbocycles. The van der Waals surface area contributed by atoms with Crippen LogP contribution < -0.4 is 4.74 Å². The van der Waals surface area contributed by atoms with Gasteiger partial charge in [-0.05, 0) is 17.7 Å². The van der Waals surface area contributed by atoms with Crippen LogP contribution in [0, 0.1) is 0 Å². The standard InChI is InChI=1S/C13H13Cl3INO2/c1-19-10-4-2-3-9(7-10)12(8-17)5-6-20-11(18-12)13(14,15)16/h2-4,7H,5-6,8H2,1H3/t12-/m1/s1. The summed E-state index contributed by atoms with van der Waals surface area (Å²) >= 11 is 20.0. The predicted octanol–water partition coefficient (Wildman–Crippen LogP) is 4.51. The van der Waals surface area contributed by atoms with Crippen LogP contribution in [0.4, 0.5) is 0 Å². The molecule has 0 bridgehead atoms. The van der Waals surface area contributed by atoms with Crippen LogP contribution in [-0.4, -0.2) is 27.8 Å². The lowest BCUT2D eigenvalue weighted by atomic mass is 9.89. The van der Waals surface area contributed by atoms with Gasteiger partial charge in [-0.1, -0.05) is 69.5 Å². The summed E-state index contributed by atoms with van der Waals surface area (Å²) in [4.78, 5) is 4.58. The fourth-order valence-corrected chi connectivity index (χ4v) is 3.32. The first-order chi connectivity index (χ1) is 9.41. The molecular formula is C13H13Cl3INO2. The summed E-state index contributed by atoms with van der Waals surface area (Å²) in [5.74, 6) is 0.928. The molecular weight excluding hydrogens is 435 g/mol. The Morgan fingerprint density at radius 1 is 1.45 bits per heavy atom. The van der Waals surface area contributed by atoms with E-state index in [1.807, 2.05) is 24.3 Å². The Morgan fingerprint density at radius 3 is 2.80 bits per heavy atom. The summed E-state index contributed by atoms with van der Waals surface area (Å²) in [5.41, 5.74) is 0.577. The molecule has 0 unspecified atom stereocenters. The first-order valence-corrected chi connectivity index (χ1v) is 8.57. The van der Waals surface area contributed by atoms with Gasteiger partial charge in [0, 0.05) is 10.8 Å². The maximum absolute atomic E-state index is 5.89. The van der Waals surface area contributed by atoms with Crippen molar-refractivity contribution in [1.29, 1.82) is 0 Å². The number of methoxy groups -OCH3 is 1. The van der Waals surface area contributed by atoms with Crippen molar-refractivity contribution in [1.82, 2.24) is 0 Å². The first-order valence-electron chi connectivity index (χ1n) is 5.92. The molecule has 1 atom stereocenters. The van der Waals surface area contributed by atoms with Crippen molar-refractivity contribution in [3.8, 4) is 5.75 Å². The van der Waals surface area contributed by atoms with Crippen LogP contribution in [0.15, 0.2) is 29.3 Å². The van der Waals surface area contributed by atoms with Crippen molar-refractivity contribution in [2.75, 3.05) is 18.1 Å². The Kier molecular flexibility index (Phi) is 5.32. The molecule has 7 heteroatoms. The molecule has 0 aromatic heterocycles. The number of nitrogens with zero attached hydrogens (tertiary/aromatic N) is 1. The number of ether oxygens (including phenoxy) is 2. The minimum Gasteiger partial charge on any atom is -0.497 e. The molecule has 0 aliphatic carbocycles. The lowest BCUT2D eigenvalue weighted by molar-refractivity contribution is 0.221. The molecule has 1 heterocycles. The van der Waals surface area contributed by atoms with Crippen molar-refractivity contribution < 1.29 is 9.47 Å². The zero-order chi connectivity index (χ0) is 14.8. The van der Waals surface area contributed by atoms with Gasteiger partial charge in [0.25, 0.3) is 3.79 Å². The monoisotopic (exact) mass is 447 g/mol. The van der Waals surface area contributed by atoms with E-state index < -0.39 is 9.33 Å². The molecule has 0 radical (unpaired) electrons. The van der Waals surface area contributed by atoms with Gasteiger partial charge >= 0.3 is 0 Å². The Hall–Kier alpha value is 0.0900. The molecule has 110 valence electrons. The second-order valence-corrected chi connectivity index (χ2v) is 7.45. The summed E-state index contributed by atoms with van der Waals surface area (Å²) < 4.78 is 9.78. The van der Waals surface area contributed by atoms with E-state index in [0.717, 1.165) is 22.2 Å². The third-order valence-corrected chi connectivity index (χ3v) is 4.89. The van der Waals surface area contributed by atoms with Gasteiger partial charge in [0.15, 0.2) is 0 Å². The van der Waals surface area contributed by atoms with Gasteiger partial charge in [-0.3, -0.25) is 0 Å². The van der Waals surface area contributed by atoms with Gasteiger partial charge in [0.05, 0.1) is 13.7 Å². The normalized spacial score (nSPS) is 22.9. The Labute approximate surface area is 146 Å².